The molecule has 0 unspecified atom stereocenters. The van der Waals surface area contributed by atoms with Gasteiger partial charge < -0.3 is 5.32 Å². The van der Waals surface area contributed by atoms with E-state index in [0.717, 1.165) is 21.1 Å². The summed E-state index contributed by atoms with van der Waals surface area (Å²) in [5, 5.41) is 3.22. The Morgan fingerprint density at radius 3 is 2.00 bits per heavy atom. The average molecular weight is 500 g/mol. The standard InChI is InChI=1S/C23H20Br2N2O/c24-19-10-6-17(7-11-19)22-23(18-8-12-20(25)13-9-18)27(15-21(28)26-22)14-16-4-2-1-3-5-16/h1-13,22-23H,14-15H2,(H,26,28)/t22-,23+/m0/s1. The number of nitrogens with zero attached hydrogens (tertiary/aromatic N) is 1. The Balaban J connectivity index is 1.75. The summed E-state index contributed by atoms with van der Waals surface area (Å²) in [7, 11) is 0. The molecule has 4 rings (SSSR count). The number of nitrogens with one attached hydrogen (secondary N) is 1. The molecule has 1 aliphatic rings. The van der Waals surface area contributed by atoms with Gasteiger partial charge in [0, 0.05) is 15.5 Å². The van der Waals surface area contributed by atoms with E-state index in [1.165, 1.54) is 11.1 Å². The Labute approximate surface area is 182 Å². The van der Waals surface area contributed by atoms with Gasteiger partial charge in [-0.05, 0) is 41.0 Å². The highest BCUT2D eigenvalue weighted by atomic mass is 79.9. The second-order valence-corrected chi connectivity index (χ2v) is 8.82. The van der Waals surface area contributed by atoms with E-state index in [9.17, 15) is 4.79 Å². The molecule has 28 heavy (non-hydrogen) atoms. The van der Waals surface area contributed by atoms with Crippen LogP contribution in [0.3, 0.4) is 0 Å². The van der Waals surface area contributed by atoms with Crippen LogP contribution < -0.4 is 5.32 Å². The van der Waals surface area contributed by atoms with Gasteiger partial charge in [0.1, 0.15) is 0 Å². The predicted molar refractivity (Wildman–Crippen MR) is 119 cm³/mol. The van der Waals surface area contributed by atoms with E-state index in [1.807, 2.05) is 30.3 Å². The smallest absolute Gasteiger partial charge is 0.234 e. The number of rotatable bonds is 4. The van der Waals surface area contributed by atoms with Gasteiger partial charge in [0.05, 0.1) is 18.6 Å². The lowest BCUT2D eigenvalue weighted by Crippen LogP contribution is -2.51. The normalized spacial score (nSPS) is 20.0. The van der Waals surface area contributed by atoms with E-state index in [-0.39, 0.29) is 18.0 Å². The molecule has 1 N–H and O–H groups in total. The summed E-state index contributed by atoms with van der Waals surface area (Å²) in [4.78, 5) is 14.8. The highest BCUT2D eigenvalue weighted by Crippen LogP contribution is 2.38. The first-order chi connectivity index (χ1) is 13.6. The quantitative estimate of drug-likeness (QED) is 0.504. The highest BCUT2D eigenvalue weighted by molar-refractivity contribution is 9.10. The zero-order chi connectivity index (χ0) is 19.5. The van der Waals surface area contributed by atoms with Crippen LogP contribution in [-0.2, 0) is 11.3 Å². The Morgan fingerprint density at radius 1 is 0.821 bits per heavy atom. The van der Waals surface area contributed by atoms with E-state index in [0.29, 0.717) is 6.54 Å². The number of hydrogen-bond donors (Lipinski definition) is 1. The Morgan fingerprint density at radius 2 is 1.39 bits per heavy atom. The fourth-order valence-corrected chi connectivity index (χ4v) is 4.29. The fourth-order valence-electron chi connectivity index (χ4n) is 3.76. The van der Waals surface area contributed by atoms with Crippen molar-refractivity contribution in [1.82, 2.24) is 10.2 Å². The van der Waals surface area contributed by atoms with E-state index < -0.39 is 0 Å². The highest BCUT2D eigenvalue weighted by Gasteiger charge is 2.36. The number of halogens is 2. The molecule has 0 bridgehead atoms. The van der Waals surface area contributed by atoms with Gasteiger partial charge in [0.25, 0.3) is 0 Å². The van der Waals surface area contributed by atoms with Crippen molar-refractivity contribution in [1.29, 1.82) is 0 Å². The van der Waals surface area contributed by atoms with Crippen molar-refractivity contribution in [2.24, 2.45) is 0 Å². The molecule has 1 saturated heterocycles. The molecule has 0 aliphatic carbocycles. The third-order valence-electron chi connectivity index (χ3n) is 5.04. The maximum Gasteiger partial charge on any atom is 0.234 e. The second kappa shape index (κ2) is 8.60. The summed E-state index contributed by atoms with van der Waals surface area (Å²) in [6.45, 7) is 1.10. The summed E-state index contributed by atoms with van der Waals surface area (Å²) >= 11 is 7.03. The van der Waals surface area contributed by atoms with Gasteiger partial charge >= 0.3 is 0 Å². The summed E-state index contributed by atoms with van der Waals surface area (Å²) in [6.07, 6.45) is 0. The average Bonchev–Trinajstić information content (AvgIpc) is 2.70. The largest absolute Gasteiger partial charge is 0.346 e. The van der Waals surface area contributed by atoms with Crippen molar-refractivity contribution in [3.63, 3.8) is 0 Å². The van der Waals surface area contributed by atoms with Gasteiger partial charge in [0.2, 0.25) is 5.91 Å². The van der Waals surface area contributed by atoms with Gasteiger partial charge in [-0.3, -0.25) is 9.69 Å². The first kappa shape index (κ1) is 19.4. The Kier molecular flexibility index (Phi) is 5.95. The molecule has 3 nitrogen and oxygen atoms in total. The number of carbonyl (C=O) groups excluding carboxylic acids is 1. The SMILES string of the molecule is O=C1CN(Cc2ccccc2)[C@H](c2ccc(Br)cc2)[C@H](c2ccc(Br)cc2)N1. The van der Waals surface area contributed by atoms with E-state index in [1.54, 1.807) is 0 Å². The van der Waals surface area contributed by atoms with Crippen LogP contribution in [0.1, 0.15) is 28.8 Å². The topological polar surface area (TPSA) is 32.3 Å². The van der Waals surface area contributed by atoms with Crippen molar-refractivity contribution in [2.75, 3.05) is 6.54 Å². The first-order valence-corrected chi connectivity index (χ1v) is 10.8. The fraction of sp³-hybridized carbons (Fsp3) is 0.174. The van der Waals surface area contributed by atoms with Gasteiger partial charge in [0.15, 0.2) is 0 Å². The van der Waals surface area contributed by atoms with Crippen LogP contribution in [0.4, 0.5) is 0 Å². The van der Waals surface area contributed by atoms with Crippen molar-refractivity contribution in [2.45, 2.75) is 18.6 Å². The number of amides is 1. The van der Waals surface area contributed by atoms with Crippen molar-refractivity contribution in [3.05, 3.63) is 104 Å². The zero-order valence-corrected chi connectivity index (χ0v) is 18.4. The van der Waals surface area contributed by atoms with Crippen LogP contribution in [0.25, 0.3) is 0 Å². The molecule has 1 heterocycles. The maximum absolute atomic E-state index is 12.6. The van der Waals surface area contributed by atoms with Crippen LogP contribution in [0, 0.1) is 0 Å². The summed E-state index contributed by atoms with van der Waals surface area (Å²) in [5.41, 5.74) is 3.49. The third-order valence-corrected chi connectivity index (χ3v) is 6.10. The van der Waals surface area contributed by atoms with Crippen molar-refractivity contribution < 1.29 is 4.79 Å². The predicted octanol–water partition coefficient (Wildman–Crippen LogP) is 5.63. The minimum absolute atomic E-state index is 0.0483. The van der Waals surface area contributed by atoms with E-state index in [4.69, 9.17) is 0 Å². The molecule has 0 radical (unpaired) electrons. The zero-order valence-electron chi connectivity index (χ0n) is 15.2. The molecule has 3 aromatic carbocycles. The molecule has 3 aromatic rings. The lowest BCUT2D eigenvalue weighted by molar-refractivity contribution is -0.128. The summed E-state index contributed by atoms with van der Waals surface area (Å²) in [5.74, 6) is 0.0530. The Hall–Kier alpha value is -1.95. The van der Waals surface area contributed by atoms with E-state index in [2.05, 4.69) is 90.6 Å². The molecular formula is C23H20Br2N2O. The van der Waals surface area contributed by atoms with Gasteiger partial charge in [-0.2, -0.15) is 0 Å². The molecule has 0 spiro atoms. The number of piperazine rings is 1. The second-order valence-electron chi connectivity index (χ2n) is 6.98. The van der Waals surface area contributed by atoms with Crippen molar-refractivity contribution in [3.8, 4) is 0 Å². The maximum atomic E-state index is 12.6. The minimum atomic E-state index is -0.112. The first-order valence-electron chi connectivity index (χ1n) is 9.18. The van der Waals surface area contributed by atoms with Crippen LogP contribution >= 0.6 is 31.9 Å². The van der Waals surface area contributed by atoms with Crippen molar-refractivity contribution >= 4 is 37.8 Å². The molecule has 0 aromatic heterocycles. The molecule has 2 atom stereocenters. The molecular weight excluding hydrogens is 480 g/mol. The molecule has 0 saturated carbocycles. The molecule has 5 heteroatoms. The van der Waals surface area contributed by atoms with E-state index >= 15 is 0 Å². The third kappa shape index (κ3) is 4.37. The van der Waals surface area contributed by atoms with Crippen LogP contribution in [-0.4, -0.2) is 17.4 Å². The lowest BCUT2D eigenvalue weighted by atomic mass is 9.89. The molecule has 142 valence electrons. The van der Waals surface area contributed by atoms with Crippen LogP contribution in [0.5, 0.6) is 0 Å². The number of carbonyl (C=O) groups is 1. The molecule has 1 fully saturated rings. The van der Waals surface area contributed by atoms with Crippen LogP contribution in [0.2, 0.25) is 0 Å². The number of hydrogen-bond acceptors (Lipinski definition) is 2. The molecule has 1 amide bonds. The summed E-state index contributed by atoms with van der Waals surface area (Å²) < 4.78 is 2.07. The Bertz CT molecular complexity index is 943. The number of benzene rings is 3. The van der Waals surface area contributed by atoms with Gasteiger partial charge in [-0.25, -0.2) is 0 Å². The van der Waals surface area contributed by atoms with Gasteiger partial charge in [-0.15, -0.1) is 0 Å². The lowest BCUT2D eigenvalue weighted by Gasteiger charge is -2.42. The summed E-state index contributed by atoms with van der Waals surface area (Å²) in [6, 6.07) is 26.9. The minimum Gasteiger partial charge on any atom is -0.346 e. The van der Waals surface area contributed by atoms with Gasteiger partial charge in [-0.1, -0.05) is 86.5 Å². The monoisotopic (exact) mass is 498 g/mol. The molecule has 1 aliphatic heterocycles. The van der Waals surface area contributed by atoms with Crippen LogP contribution in [0.15, 0.2) is 87.8 Å².